The van der Waals surface area contributed by atoms with E-state index in [1.165, 1.54) is 6.92 Å². The summed E-state index contributed by atoms with van der Waals surface area (Å²) in [6, 6.07) is 6.07. The van der Waals surface area contributed by atoms with Gasteiger partial charge in [0.1, 0.15) is 5.75 Å². The first kappa shape index (κ1) is 16.0. The van der Waals surface area contributed by atoms with Crippen LogP contribution in [0.4, 0.5) is 0 Å². The molecule has 0 aromatic heterocycles. The third-order valence-electron chi connectivity index (χ3n) is 2.68. The Labute approximate surface area is 117 Å². The van der Waals surface area contributed by atoms with Crippen LogP contribution in [0, 0.1) is 6.92 Å². The van der Waals surface area contributed by atoms with Crippen LogP contribution < -0.4 is 10.1 Å². The Kier molecular flexibility index (Phi) is 5.99. The van der Waals surface area contributed by atoms with Gasteiger partial charge in [-0.1, -0.05) is 17.7 Å². The zero-order valence-electron chi connectivity index (χ0n) is 11.5. The number of aliphatic hydroxyl groups excluding tert-OH is 1. The summed E-state index contributed by atoms with van der Waals surface area (Å²) in [5.74, 6) is -1.10. The van der Waals surface area contributed by atoms with Crippen molar-refractivity contribution in [2.24, 2.45) is 0 Å². The van der Waals surface area contributed by atoms with Gasteiger partial charge in [-0.25, -0.2) is 4.79 Å². The van der Waals surface area contributed by atoms with Gasteiger partial charge in [0.2, 0.25) is 5.91 Å². The van der Waals surface area contributed by atoms with Crippen molar-refractivity contribution >= 4 is 11.9 Å². The Morgan fingerprint density at radius 1 is 1.30 bits per heavy atom. The molecule has 0 fully saturated rings. The summed E-state index contributed by atoms with van der Waals surface area (Å²) in [7, 11) is 0. The van der Waals surface area contributed by atoms with Gasteiger partial charge >= 0.3 is 5.97 Å². The third kappa shape index (κ3) is 5.27. The van der Waals surface area contributed by atoms with E-state index in [1.54, 1.807) is 12.1 Å². The lowest BCUT2D eigenvalue weighted by Crippen LogP contribution is -2.47. The lowest BCUT2D eigenvalue weighted by molar-refractivity contribution is -0.144. The van der Waals surface area contributed by atoms with Crippen LogP contribution in [0.2, 0.25) is 0 Å². The van der Waals surface area contributed by atoms with E-state index in [0.29, 0.717) is 5.75 Å². The molecule has 0 saturated heterocycles. The van der Waals surface area contributed by atoms with E-state index in [2.05, 4.69) is 5.32 Å². The van der Waals surface area contributed by atoms with E-state index in [-0.39, 0.29) is 13.0 Å². The number of aliphatic hydroxyl groups is 1. The molecule has 6 heteroatoms. The van der Waals surface area contributed by atoms with Gasteiger partial charge in [-0.15, -0.1) is 0 Å². The van der Waals surface area contributed by atoms with Crippen LogP contribution in [-0.4, -0.2) is 40.8 Å². The minimum Gasteiger partial charge on any atom is -0.493 e. The standard InChI is InChI=1S/C14H19NO5/c1-9-3-5-11(6-4-9)20-8-7-12(17)15-13(10(2)16)14(18)19/h3-6,10,13,16H,7-8H2,1-2H3,(H,15,17)(H,18,19). The van der Waals surface area contributed by atoms with Crippen molar-refractivity contribution in [1.29, 1.82) is 0 Å². The van der Waals surface area contributed by atoms with E-state index in [9.17, 15) is 14.7 Å². The fourth-order valence-corrected chi connectivity index (χ4v) is 1.53. The van der Waals surface area contributed by atoms with Gasteiger partial charge in [-0.2, -0.15) is 0 Å². The maximum absolute atomic E-state index is 11.5. The monoisotopic (exact) mass is 281 g/mol. The number of nitrogens with one attached hydrogen (secondary N) is 1. The molecule has 2 atom stereocenters. The summed E-state index contributed by atoms with van der Waals surface area (Å²) < 4.78 is 5.36. The zero-order valence-corrected chi connectivity index (χ0v) is 11.5. The van der Waals surface area contributed by atoms with E-state index in [4.69, 9.17) is 9.84 Å². The predicted octanol–water partition coefficient (Wildman–Crippen LogP) is 0.714. The van der Waals surface area contributed by atoms with Crippen LogP contribution in [0.15, 0.2) is 24.3 Å². The van der Waals surface area contributed by atoms with Crippen LogP contribution in [0.5, 0.6) is 5.75 Å². The number of aryl methyl sites for hydroxylation is 1. The van der Waals surface area contributed by atoms with Gasteiger partial charge in [0, 0.05) is 0 Å². The molecule has 0 aliphatic heterocycles. The minimum absolute atomic E-state index is 0.0182. The maximum atomic E-state index is 11.5. The number of rotatable bonds is 7. The average Bonchev–Trinajstić information content (AvgIpc) is 2.37. The number of amides is 1. The zero-order chi connectivity index (χ0) is 15.1. The highest BCUT2D eigenvalue weighted by Gasteiger charge is 2.24. The van der Waals surface area contributed by atoms with Gasteiger partial charge in [0.15, 0.2) is 6.04 Å². The fraction of sp³-hybridized carbons (Fsp3) is 0.429. The molecule has 0 bridgehead atoms. The second kappa shape index (κ2) is 7.49. The Morgan fingerprint density at radius 2 is 1.90 bits per heavy atom. The molecule has 0 saturated carbocycles. The summed E-state index contributed by atoms with van der Waals surface area (Å²) in [5, 5.41) is 20.3. The molecule has 2 unspecified atom stereocenters. The van der Waals surface area contributed by atoms with Gasteiger partial charge in [0.05, 0.1) is 19.1 Å². The van der Waals surface area contributed by atoms with Gasteiger partial charge in [-0.3, -0.25) is 4.79 Å². The van der Waals surface area contributed by atoms with Gasteiger partial charge in [0.25, 0.3) is 0 Å². The number of hydrogen-bond donors (Lipinski definition) is 3. The Morgan fingerprint density at radius 3 is 2.40 bits per heavy atom. The normalized spacial score (nSPS) is 13.3. The minimum atomic E-state index is -1.30. The van der Waals surface area contributed by atoms with Gasteiger partial charge < -0.3 is 20.3 Å². The number of hydrogen-bond acceptors (Lipinski definition) is 4. The smallest absolute Gasteiger partial charge is 0.328 e. The van der Waals surface area contributed by atoms with Crippen LogP contribution in [0.1, 0.15) is 18.9 Å². The molecule has 0 aliphatic rings. The quantitative estimate of drug-likeness (QED) is 0.684. The number of benzene rings is 1. The van der Waals surface area contributed by atoms with Crippen molar-refractivity contribution < 1.29 is 24.5 Å². The molecule has 0 spiro atoms. The molecule has 0 heterocycles. The molecular weight excluding hydrogens is 262 g/mol. The summed E-state index contributed by atoms with van der Waals surface area (Å²) in [4.78, 5) is 22.3. The highest BCUT2D eigenvalue weighted by Crippen LogP contribution is 2.11. The molecule has 1 rings (SSSR count). The van der Waals surface area contributed by atoms with Gasteiger partial charge in [-0.05, 0) is 26.0 Å². The van der Waals surface area contributed by atoms with Crippen molar-refractivity contribution in [3.05, 3.63) is 29.8 Å². The van der Waals surface area contributed by atoms with Crippen molar-refractivity contribution in [3.8, 4) is 5.75 Å². The average molecular weight is 281 g/mol. The van der Waals surface area contributed by atoms with Crippen LogP contribution in [0.3, 0.4) is 0 Å². The number of aliphatic carboxylic acids is 1. The molecule has 0 radical (unpaired) electrons. The summed E-state index contributed by atoms with van der Waals surface area (Å²) >= 11 is 0. The second-order valence-electron chi connectivity index (χ2n) is 4.54. The second-order valence-corrected chi connectivity index (χ2v) is 4.54. The Balaban J connectivity index is 2.36. The van der Waals surface area contributed by atoms with E-state index < -0.39 is 24.0 Å². The third-order valence-corrected chi connectivity index (χ3v) is 2.68. The molecule has 0 aliphatic carbocycles. The first-order valence-electron chi connectivity index (χ1n) is 6.30. The van der Waals surface area contributed by atoms with Crippen molar-refractivity contribution in [3.63, 3.8) is 0 Å². The molecule has 20 heavy (non-hydrogen) atoms. The largest absolute Gasteiger partial charge is 0.493 e. The summed E-state index contributed by atoms with van der Waals surface area (Å²) in [6.45, 7) is 3.40. The fourth-order valence-electron chi connectivity index (χ4n) is 1.53. The van der Waals surface area contributed by atoms with Crippen molar-refractivity contribution in [2.45, 2.75) is 32.4 Å². The topological polar surface area (TPSA) is 95.9 Å². The van der Waals surface area contributed by atoms with Crippen LogP contribution in [0.25, 0.3) is 0 Å². The number of carbonyl (C=O) groups excluding carboxylic acids is 1. The highest BCUT2D eigenvalue weighted by atomic mass is 16.5. The maximum Gasteiger partial charge on any atom is 0.328 e. The van der Waals surface area contributed by atoms with Crippen molar-refractivity contribution in [1.82, 2.24) is 5.32 Å². The molecular formula is C14H19NO5. The number of carbonyl (C=O) groups is 2. The van der Waals surface area contributed by atoms with Crippen LogP contribution >= 0.6 is 0 Å². The number of ether oxygens (including phenoxy) is 1. The number of carboxylic acid groups (broad SMARTS) is 1. The Bertz CT molecular complexity index is 455. The molecule has 1 aromatic carbocycles. The van der Waals surface area contributed by atoms with Crippen molar-refractivity contribution in [2.75, 3.05) is 6.61 Å². The molecule has 1 aromatic rings. The van der Waals surface area contributed by atoms with E-state index in [0.717, 1.165) is 5.56 Å². The molecule has 3 N–H and O–H groups in total. The lowest BCUT2D eigenvalue weighted by Gasteiger charge is -2.17. The van der Waals surface area contributed by atoms with Crippen LogP contribution in [-0.2, 0) is 9.59 Å². The SMILES string of the molecule is Cc1ccc(OCCC(=O)NC(C(=O)O)C(C)O)cc1. The molecule has 110 valence electrons. The molecule has 6 nitrogen and oxygen atoms in total. The van der Waals surface area contributed by atoms with E-state index >= 15 is 0 Å². The highest BCUT2D eigenvalue weighted by molar-refractivity contribution is 5.83. The first-order chi connectivity index (χ1) is 9.40. The first-order valence-corrected chi connectivity index (χ1v) is 6.30. The summed E-state index contributed by atoms with van der Waals surface area (Å²) in [6.07, 6.45) is -1.14. The molecule has 1 amide bonds. The lowest BCUT2D eigenvalue weighted by atomic mass is 10.2. The Hall–Kier alpha value is -2.08. The van der Waals surface area contributed by atoms with E-state index in [1.807, 2.05) is 19.1 Å². The predicted molar refractivity (Wildman–Crippen MR) is 72.5 cm³/mol. The number of carboxylic acids is 1. The summed E-state index contributed by atoms with van der Waals surface area (Å²) in [5.41, 5.74) is 1.11.